The molecule has 2 saturated heterocycles. The summed E-state index contributed by atoms with van der Waals surface area (Å²) in [6.45, 7) is 15.1. The molecule has 45 heavy (non-hydrogen) atoms. The van der Waals surface area contributed by atoms with E-state index in [1.807, 2.05) is 30.3 Å². The molecule has 4 amide bonds. The van der Waals surface area contributed by atoms with Gasteiger partial charge in [0.1, 0.15) is 23.9 Å². The molecule has 0 aliphatic carbocycles. The molecule has 2 aliphatic rings. The number of hydrogen-bond donors (Lipinski definition) is 0. The molecule has 3 rings (SSSR count). The number of imide groups is 1. The van der Waals surface area contributed by atoms with E-state index in [0.29, 0.717) is 25.8 Å². The highest BCUT2D eigenvalue weighted by molar-refractivity contribution is 5.92. The topological polar surface area (TPSA) is 124 Å². The van der Waals surface area contributed by atoms with Gasteiger partial charge in [-0.3, -0.25) is 4.79 Å². The van der Waals surface area contributed by atoms with E-state index in [1.165, 1.54) is 4.90 Å². The van der Waals surface area contributed by atoms with E-state index in [-0.39, 0.29) is 39.3 Å². The molecule has 252 valence electrons. The Morgan fingerprint density at radius 1 is 0.844 bits per heavy atom. The Morgan fingerprint density at radius 2 is 1.44 bits per heavy atom. The molecule has 0 aromatic heterocycles. The number of rotatable bonds is 3. The van der Waals surface area contributed by atoms with Crippen molar-refractivity contribution in [2.75, 3.05) is 32.8 Å². The Balaban J connectivity index is 1.95. The van der Waals surface area contributed by atoms with E-state index in [2.05, 4.69) is 0 Å². The maximum absolute atomic E-state index is 14.0. The SMILES string of the molecule is CC(C)(C)OC(=O)N1CCCCN(C(=O)OCc2ccccc2)[C@@H]([C@H]2COC(C)(C)O2)CC(=O)N(C(=O)OC(C)(C)C)CCC1. The molecule has 1 aromatic carbocycles. The number of ether oxygens (including phenoxy) is 5. The van der Waals surface area contributed by atoms with Crippen LogP contribution in [0.3, 0.4) is 0 Å². The summed E-state index contributed by atoms with van der Waals surface area (Å²) in [6.07, 6.45) is -1.39. The van der Waals surface area contributed by atoms with Crippen LogP contribution in [0.2, 0.25) is 0 Å². The highest BCUT2D eigenvalue weighted by Gasteiger charge is 2.44. The molecule has 2 aliphatic heterocycles. The van der Waals surface area contributed by atoms with Gasteiger partial charge in [0.15, 0.2) is 5.79 Å². The summed E-state index contributed by atoms with van der Waals surface area (Å²) in [4.78, 5) is 58.2. The molecule has 2 heterocycles. The van der Waals surface area contributed by atoms with Gasteiger partial charge in [-0.25, -0.2) is 19.3 Å². The first-order valence-corrected chi connectivity index (χ1v) is 15.7. The summed E-state index contributed by atoms with van der Waals surface area (Å²) in [5.41, 5.74) is -0.726. The van der Waals surface area contributed by atoms with E-state index in [9.17, 15) is 19.2 Å². The Labute approximate surface area is 267 Å². The van der Waals surface area contributed by atoms with Crippen molar-refractivity contribution in [3.8, 4) is 0 Å². The Kier molecular flexibility index (Phi) is 12.2. The summed E-state index contributed by atoms with van der Waals surface area (Å²) in [5.74, 6) is -1.46. The quantitative estimate of drug-likeness (QED) is 0.385. The van der Waals surface area contributed by atoms with E-state index < -0.39 is 53.3 Å². The van der Waals surface area contributed by atoms with E-state index in [1.54, 1.807) is 60.3 Å². The van der Waals surface area contributed by atoms with Crippen LogP contribution in [0.4, 0.5) is 14.4 Å². The van der Waals surface area contributed by atoms with E-state index in [0.717, 1.165) is 10.5 Å². The number of carbonyl (C=O) groups excluding carboxylic acids is 4. The van der Waals surface area contributed by atoms with Gasteiger partial charge in [0.2, 0.25) is 5.91 Å². The van der Waals surface area contributed by atoms with Crippen LogP contribution >= 0.6 is 0 Å². The maximum Gasteiger partial charge on any atom is 0.417 e. The van der Waals surface area contributed by atoms with Gasteiger partial charge in [0, 0.05) is 26.2 Å². The Bertz CT molecular complexity index is 1160. The van der Waals surface area contributed by atoms with Gasteiger partial charge >= 0.3 is 18.3 Å². The summed E-state index contributed by atoms with van der Waals surface area (Å²) in [6, 6.07) is 8.51. The third-order valence-corrected chi connectivity index (χ3v) is 7.14. The first-order valence-electron chi connectivity index (χ1n) is 15.7. The van der Waals surface area contributed by atoms with E-state index in [4.69, 9.17) is 23.7 Å². The number of amides is 4. The van der Waals surface area contributed by atoms with Crippen molar-refractivity contribution < 1.29 is 42.9 Å². The third-order valence-electron chi connectivity index (χ3n) is 7.14. The van der Waals surface area contributed by atoms with Crippen LogP contribution in [-0.2, 0) is 35.1 Å². The van der Waals surface area contributed by atoms with Crippen molar-refractivity contribution in [2.24, 2.45) is 0 Å². The molecule has 2 fully saturated rings. The first kappa shape index (κ1) is 36.1. The zero-order valence-electron chi connectivity index (χ0n) is 28.1. The summed E-state index contributed by atoms with van der Waals surface area (Å²) in [5, 5.41) is 0. The lowest BCUT2D eigenvalue weighted by atomic mass is 10.0. The van der Waals surface area contributed by atoms with Crippen LogP contribution in [0.25, 0.3) is 0 Å². The van der Waals surface area contributed by atoms with Crippen LogP contribution in [0.1, 0.15) is 86.6 Å². The molecule has 1 aromatic rings. The predicted octanol–water partition coefficient (Wildman–Crippen LogP) is 5.72. The van der Waals surface area contributed by atoms with Crippen LogP contribution in [0.5, 0.6) is 0 Å². The van der Waals surface area contributed by atoms with Crippen LogP contribution in [0, 0.1) is 0 Å². The molecule has 0 spiro atoms. The Hall–Kier alpha value is -3.38. The second kappa shape index (κ2) is 15.3. The fourth-order valence-corrected chi connectivity index (χ4v) is 5.09. The van der Waals surface area contributed by atoms with Crippen molar-refractivity contribution in [3.63, 3.8) is 0 Å². The van der Waals surface area contributed by atoms with Crippen LogP contribution in [-0.4, -0.2) is 101 Å². The van der Waals surface area contributed by atoms with Gasteiger partial charge in [0.05, 0.1) is 19.1 Å². The molecule has 12 heteroatoms. The Morgan fingerprint density at radius 3 is 2.04 bits per heavy atom. The predicted molar refractivity (Wildman–Crippen MR) is 166 cm³/mol. The normalized spacial score (nSPS) is 22.1. The highest BCUT2D eigenvalue weighted by atomic mass is 16.7. The summed E-state index contributed by atoms with van der Waals surface area (Å²) in [7, 11) is 0. The molecule has 2 atom stereocenters. The minimum atomic E-state index is -0.923. The lowest BCUT2D eigenvalue weighted by molar-refractivity contribution is -0.150. The minimum Gasteiger partial charge on any atom is -0.445 e. The lowest BCUT2D eigenvalue weighted by Crippen LogP contribution is -2.52. The van der Waals surface area contributed by atoms with Crippen LogP contribution in [0.15, 0.2) is 30.3 Å². The van der Waals surface area contributed by atoms with Crippen molar-refractivity contribution in [2.45, 2.75) is 117 Å². The fraction of sp³-hybridized carbons (Fsp3) is 0.697. The van der Waals surface area contributed by atoms with Gasteiger partial charge in [-0.1, -0.05) is 30.3 Å². The number of hydrogen-bond acceptors (Lipinski definition) is 9. The number of benzene rings is 1. The monoisotopic (exact) mass is 633 g/mol. The van der Waals surface area contributed by atoms with Gasteiger partial charge in [-0.15, -0.1) is 0 Å². The number of carbonyl (C=O) groups is 4. The maximum atomic E-state index is 14.0. The molecule has 0 unspecified atom stereocenters. The zero-order valence-corrected chi connectivity index (χ0v) is 28.1. The molecule has 0 saturated carbocycles. The highest BCUT2D eigenvalue weighted by Crippen LogP contribution is 2.29. The average molecular weight is 634 g/mol. The van der Waals surface area contributed by atoms with Gasteiger partial charge < -0.3 is 33.5 Å². The minimum absolute atomic E-state index is 0.00569. The zero-order chi connectivity index (χ0) is 33.4. The van der Waals surface area contributed by atoms with Crippen molar-refractivity contribution in [1.82, 2.24) is 14.7 Å². The van der Waals surface area contributed by atoms with Crippen LogP contribution < -0.4 is 0 Å². The lowest BCUT2D eigenvalue weighted by Gasteiger charge is -2.35. The van der Waals surface area contributed by atoms with E-state index >= 15 is 0 Å². The van der Waals surface area contributed by atoms with Crippen molar-refractivity contribution in [1.29, 1.82) is 0 Å². The smallest absolute Gasteiger partial charge is 0.417 e. The fourth-order valence-electron chi connectivity index (χ4n) is 5.09. The van der Waals surface area contributed by atoms with Gasteiger partial charge in [-0.05, 0) is 80.2 Å². The number of nitrogens with zero attached hydrogens (tertiary/aromatic N) is 3. The standard InChI is InChI=1S/C33H51N3O9/c1-31(2,3)44-28(38)34-17-12-13-19-35(29(39)41-22-24-15-10-9-11-16-24)25(26-23-42-33(7,8)43-26)21-27(37)36(20-14-18-34)30(40)45-32(4,5)6/h9-11,15-16,25-26H,12-14,17-23H2,1-8H3/t25-,26-/m1/s1. The molecular formula is C33H51N3O9. The summed E-state index contributed by atoms with van der Waals surface area (Å²) >= 11 is 0. The average Bonchev–Trinajstić information content (AvgIpc) is 3.29. The molecule has 0 bridgehead atoms. The molecular weight excluding hydrogens is 582 g/mol. The van der Waals surface area contributed by atoms with Crippen molar-refractivity contribution in [3.05, 3.63) is 35.9 Å². The summed E-state index contributed by atoms with van der Waals surface area (Å²) < 4.78 is 29.0. The molecule has 0 N–H and O–H groups in total. The largest absolute Gasteiger partial charge is 0.445 e. The van der Waals surface area contributed by atoms with Gasteiger partial charge in [-0.2, -0.15) is 0 Å². The molecule has 0 radical (unpaired) electrons. The second-order valence-electron chi connectivity index (χ2n) is 13.9. The molecule has 12 nitrogen and oxygen atoms in total. The first-order chi connectivity index (χ1) is 20.9. The van der Waals surface area contributed by atoms with Crippen molar-refractivity contribution >= 4 is 24.2 Å². The third kappa shape index (κ3) is 11.8. The second-order valence-corrected chi connectivity index (χ2v) is 13.9. The van der Waals surface area contributed by atoms with Gasteiger partial charge in [0.25, 0.3) is 0 Å².